The summed E-state index contributed by atoms with van der Waals surface area (Å²) in [6.45, 7) is 8.23. The summed E-state index contributed by atoms with van der Waals surface area (Å²) in [6.07, 6.45) is 6.45. The number of nitrogens with one attached hydrogen (secondary N) is 1. The Morgan fingerprint density at radius 1 is 1.43 bits per heavy atom. The molecule has 0 unspecified atom stereocenters. The number of hydrogen-bond donors (Lipinski definition) is 1. The van der Waals surface area contributed by atoms with Crippen LogP contribution in [0.25, 0.3) is 0 Å². The normalized spacial score (nSPS) is 29.3. The Labute approximate surface area is 138 Å². The van der Waals surface area contributed by atoms with Crippen molar-refractivity contribution in [1.29, 1.82) is 0 Å². The van der Waals surface area contributed by atoms with Crippen molar-refractivity contribution in [2.45, 2.75) is 46.5 Å². The van der Waals surface area contributed by atoms with Crippen LogP contribution in [0.4, 0.5) is 5.88 Å². The minimum Gasteiger partial charge on any atom is -0.440 e. The standard InChI is InChI=1S/C18H27N3O2/c1-4-21(5-2)15-10-9-13(23-15)12-19-20-17(22)16-14-8-6-7-11-18(14,16)3/h9-10,12,14,16H,4-8,11H2,1-3H3,(H,20,22)/b19-12-/t14-,16-,18-/m0/s1. The minimum atomic E-state index is 0.0613. The molecule has 5 nitrogen and oxygen atoms in total. The number of hydrazone groups is 1. The second-order valence-corrected chi connectivity index (χ2v) is 6.92. The summed E-state index contributed by atoms with van der Waals surface area (Å²) in [6, 6.07) is 3.81. The van der Waals surface area contributed by atoms with Crippen molar-refractivity contribution in [3.05, 3.63) is 17.9 Å². The zero-order chi connectivity index (χ0) is 16.4. The predicted octanol–water partition coefficient (Wildman–Crippen LogP) is 3.40. The fourth-order valence-electron chi connectivity index (χ4n) is 4.20. The van der Waals surface area contributed by atoms with E-state index in [1.54, 1.807) is 6.21 Å². The topological polar surface area (TPSA) is 57.8 Å². The largest absolute Gasteiger partial charge is 0.440 e. The first-order valence-corrected chi connectivity index (χ1v) is 8.77. The number of amides is 1. The van der Waals surface area contributed by atoms with Crippen molar-refractivity contribution in [2.75, 3.05) is 18.0 Å². The fraction of sp³-hybridized carbons (Fsp3) is 0.667. The van der Waals surface area contributed by atoms with Crippen LogP contribution in [0.1, 0.15) is 52.2 Å². The highest BCUT2D eigenvalue weighted by Crippen LogP contribution is 2.66. The zero-order valence-corrected chi connectivity index (χ0v) is 14.3. The van der Waals surface area contributed by atoms with E-state index in [4.69, 9.17) is 4.42 Å². The highest BCUT2D eigenvalue weighted by atomic mass is 16.4. The number of carbonyl (C=O) groups excluding carboxylic acids is 1. The molecule has 1 aromatic heterocycles. The van der Waals surface area contributed by atoms with E-state index in [-0.39, 0.29) is 17.2 Å². The van der Waals surface area contributed by atoms with Gasteiger partial charge in [0.15, 0.2) is 5.88 Å². The summed E-state index contributed by atoms with van der Waals surface area (Å²) in [5.41, 5.74) is 2.92. The van der Waals surface area contributed by atoms with E-state index in [0.29, 0.717) is 11.7 Å². The molecule has 0 aliphatic heterocycles. The van der Waals surface area contributed by atoms with Gasteiger partial charge in [0.05, 0.1) is 6.21 Å². The number of nitrogens with zero attached hydrogens (tertiary/aromatic N) is 2. The first-order chi connectivity index (χ1) is 11.1. The molecule has 1 aromatic rings. The summed E-state index contributed by atoms with van der Waals surface area (Å²) in [4.78, 5) is 14.4. The van der Waals surface area contributed by atoms with Crippen molar-refractivity contribution < 1.29 is 9.21 Å². The van der Waals surface area contributed by atoms with Gasteiger partial charge < -0.3 is 9.32 Å². The van der Waals surface area contributed by atoms with E-state index >= 15 is 0 Å². The average Bonchev–Trinajstić information content (AvgIpc) is 2.91. The Kier molecular flexibility index (Phi) is 4.46. The van der Waals surface area contributed by atoms with Gasteiger partial charge in [-0.2, -0.15) is 5.10 Å². The molecule has 2 fully saturated rings. The maximum absolute atomic E-state index is 12.3. The quantitative estimate of drug-likeness (QED) is 0.646. The molecule has 1 amide bonds. The van der Waals surface area contributed by atoms with E-state index in [9.17, 15) is 4.79 Å². The van der Waals surface area contributed by atoms with Crippen LogP contribution >= 0.6 is 0 Å². The van der Waals surface area contributed by atoms with Crippen molar-refractivity contribution in [1.82, 2.24) is 5.43 Å². The van der Waals surface area contributed by atoms with Gasteiger partial charge in [-0.25, -0.2) is 5.43 Å². The molecule has 23 heavy (non-hydrogen) atoms. The van der Waals surface area contributed by atoms with Gasteiger partial charge >= 0.3 is 0 Å². The minimum absolute atomic E-state index is 0.0613. The Bertz CT molecular complexity index is 591. The van der Waals surface area contributed by atoms with E-state index in [0.717, 1.165) is 19.0 Å². The average molecular weight is 317 g/mol. The predicted molar refractivity (Wildman–Crippen MR) is 91.6 cm³/mol. The summed E-state index contributed by atoms with van der Waals surface area (Å²) in [7, 11) is 0. The molecule has 2 aliphatic carbocycles. The van der Waals surface area contributed by atoms with Crippen LogP contribution in [0.15, 0.2) is 21.7 Å². The molecule has 3 atom stereocenters. The second kappa shape index (κ2) is 6.38. The summed E-state index contributed by atoms with van der Waals surface area (Å²) >= 11 is 0. The molecule has 5 heteroatoms. The fourth-order valence-corrected chi connectivity index (χ4v) is 4.20. The lowest BCUT2D eigenvalue weighted by Gasteiger charge is -2.16. The molecule has 2 aliphatic rings. The number of furan rings is 1. The first-order valence-electron chi connectivity index (χ1n) is 8.77. The van der Waals surface area contributed by atoms with Crippen molar-refractivity contribution in [3.8, 4) is 0 Å². The highest BCUT2D eigenvalue weighted by molar-refractivity contribution is 5.85. The number of fused-ring (bicyclic) bond motifs is 1. The van der Waals surface area contributed by atoms with Crippen molar-refractivity contribution in [2.24, 2.45) is 22.4 Å². The number of rotatable bonds is 6. The molecule has 0 radical (unpaired) electrons. The molecule has 1 N–H and O–H groups in total. The van der Waals surface area contributed by atoms with Gasteiger partial charge in [0, 0.05) is 25.1 Å². The Balaban J connectivity index is 1.54. The SMILES string of the molecule is CCN(CC)c1ccc(/C=N\NC(=O)[C@@H]2[C@@H]3CCCC[C@]23C)o1. The summed E-state index contributed by atoms with van der Waals surface area (Å²) < 4.78 is 5.73. The lowest BCUT2D eigenvalue weighted by Crippen LogP contribution is -2.22. The Morgan fingerprint density at radius 3 is 2.87 bits per heavy atom. The molecule has 3 rings (SSSR count). The van der Waals surface area contributed by atoms with Gasteiger partial charge in [0.1, 0.15) is 5.76 Å². The summed E-state index contributed by atoms with van der Waals surface area (Å²) in [5, 5.41) is 4.08. The van der Waals surface area contributed by atoms with Gasteiger partial charge in [0.25, 0.3) is 0 Å². The number of carbonyl (C=O) groups is 1. The van der Waals surface area contributed by atoms with Gasteiger partial charge in [-0.3, -0.25) is 4.79 Å². The van der Waals surface area contributed by atoms with Crippen LogP contribution in [0.5, 0.6) is 0 Å². The molecular formula is C18H27N3O2. The van der Waals surface area contributed by atoms with Crippen LogP contribution in [-0.4, -0.2) is 25.2 Å². The Morgan fingerprint density at radius 2 is 2.22 bits per heavy atom. The van der Waals surface area contributed by atoms with Crippen LogP contribution in [0, 0.1) is 17.3 Å². The molecule has 0 aromatic carbocycles. The molecule has 1 heterocycles. The first kappa shape index (κ1) is 16.1. The van der Waals surface area contributed by atoms with Gasteiger partial charge in [-0.1, -0.05) is 19.8 Å². The third kappa shape index (κ3) is 3.01. The van der Waals surface area contributed by atoms with Gasteiger partial charge in [0.2, 0.25) is 5.91 Å². The van der Waals surface area contributed by atoms with Gasteiger partial charge in [-0.05, 0) is 44.1 Å². The van der Waals surface area contributed by atoms with E-state index in [2.05, 4.69) is 36.2 Å². The lowest BCUT2D eigenvalue weighted by atomic mass is 9.90. The monoisotopic (exact) mass is 317 g/mol. The highest BCUT2D eigenvalue weighted by Gasteiger charge is 2.64. The van der Waals surface area contributed by atoms with E-state index < -0.39 is 0 Å². The van der Waals surface area contributed by atoms with Crippen LogP contribution in [0.3, 0.4) is 0 Å². The van der Waals surface area contributed by atoms with Crippen molar-refractivity contribution in [3.63, 3.8) is 0 Å². The maximum atomic E-state index is 12.3. The van der Waals surface area contributed by atoms with E-state index in [1.165, 1.54) is 25.7 Å². The molecule has 0 bridgehead atoms. The molecule has 126 valence electrons. The third-order valence-electron chi connectivity index (χ3n) is 5.67. The smallest absolute Gasteiger partial charge is 0.244 e. The molecule has 0 saturated heterocycles. The molecule has 0 spiro atoms. The maximum Gasteiger partial charge on any atom is 0.244 e. The molecular weight excluding hydrogens is 290 g/mol. The number of anilines is 1. The van der Waals surface area contributed by atoms with Crippen LogP contribution < -0.4 is 10.3 Å². The van der Waals surface area contributed by atoms with Gasteiger partial charge in [-0.15, -0.1) is 0 Å². The van der Waals surface area contributed by atoms with E-state index in [1.807, 2.05) is 12.1 Å². The van der Waals surface area contributed by atoms with Crippen LogP contribution in [0.2, 0.25) is 0 Å². The van der Waals surface area contributed by atoms with Crippen LogP contribution in [-0.2, 0) is 4.79 Å². The molecule has 2 saturated carbocycles. The third-order valence-corrected chi connectivity index (χ3v) is 5.67. The number of hydrogen-bond acceptors (Lipinski definition) is 4. The van der Waals surface area contributed by atoms with Crippen molar-refractivity contribution >= 4 is 18.0 Å². The lowest BCUT2D eigenvalue weighted by molar-refractivity contribution is -0.123. The second-order valence-electron chi connectivity index (χ2n) is 6.92. The zero-order valence-electron chi connectivity index (χ0n) is 14.3. The Hall–Kier alpha value is -1.78. The summed E-state index contributed by atoms with van der Waals surface area (Å²) in [5.74, 6) is 2.26.